The SMILES string of the molecule is O=C(NCC1(O)CCOC1)c1cc(Cl)nc2ccccc12. The molecule has 110 valence electrons. The Bertz CT molecular complexity index is 684. The summed E-state index contributed by atoms with van der Waals surface area (Å²) in [5.74, 6) is -0.282. The first-order chi connectivity index (χ1) is 10.1. The number of carbonyl (C=O) groups excluding carboxylic acids is 1. The molecule has 2 N–H and O–H groups in total. The zero-order valence-corrected chi connectivity index (χ0v) is 12.1. The first-order valence-corrected chi connectivity index (χ1v) is 7.09. The maximum Gasteiger partial charge on any atom is 0.252 e. The van der Waals surface area contributed by atoms with Crippen molar-refractivity contribution < 1.29 is 14.6 Å². The molecule has 1 aromatic heterocycles. The predicted octanol–water partition coefficient (Wildman–Crippen LogP) is 1.77. The highest BCUT2D eigenvalue weighted by Crippen LogP contribution is 2.21. The van der Waals surface area contributed by atoms with E-state index in [-0.39, 0.29) is 24.2 Å². The molecular weight excluding hydrogens is 292 g/mol. The molecule has 0 aliphatic carbocycles. The van der Waals surface area contributed by atoms with Crippen molar-refractivity contribution >= 4 is 28.4 Å². The van der Waals surface area contributed by atoms with Gasteiger partial charge in [0.05, 0.1) is 17.7 Å². The first-order valence-electron chi connectivity index (χ1n) is 6.71. The van der Waals surface area contributed by atoms with Crippen LogP contribution in [0.15, 0.2) is 30.3 Å². The fourth-order valence-corrected chi connectivity index (χ4v) is 2.61. The van der Waals surface area contributed by atoms with E-state index in [1.54, 1.807) is 6.07 Å². The van der Waals surface area contributed by atoms with Crippen molar-refractivity contribution in [3.05, 3.63) is 41.0 Å². The molecule has 3 rings (SSSR count). The number of nitrogens with zero attached hydrogens (tertiary/aromatic N) is 1. The van der Waals surface area contributed by atoms with Gasteiger partial charge >= 0.3 is 0 Å². The van der Waals surface area contributed by atoms with Crippen LogP contribution in [0.5, 0.6) is 0 Å². The third-order valence-electron chi connectivity index (χ3n) is 3.59. The van der Waals surface area contributed by atoms with Gasteiger partial charge in [-0.1, -0.05) is 29.8 Å². The Morgan fingerprint density at radius 3 is 3.05 bits per heavy atom. The number of amides is 1. The van der Waals surface area contributed by atoms with Gasteiger partial charge < -0.3 is 15.2 Å². The summed E-state index contributed by atoms with van der Waals surface area (Å²) in [5, 5.41) is 13.9. The number of aliphatic hydroxyl groups is 1. The van der Waals surface area contributed by atoms with E-state index in [9.17, 15) is 9.90 Å². The van der Waals surface area contributed by atoms with Gasteiger partial charge in [0.2, 0.25) is 0 Å². The topological polar surface area (TPSA) is 71.5 Å². The van der Waals surface area contributed by atoms with E-state index >= 15 is 0 Å². The molecule has 1 amide bonds. The summed E-state index contributed by atoms with van der Waals surface area (Å²) in [7, 11) is 0. The van der Waals surface area contributed by atoms with Crippen LogP contribution in [-0.2, 0) is 4.74 Å². The summed E-state index contributed by atoms with van der Waals surface area (Å²) in [4.78, 5) is 16.5. The van der Waals surface area contributed by atoms with Gasteiger partial charge in [-0.2, -0.15) is 0 Å². The van der Waals surface area contributed by atoms with Gasteiger partial charge in [0.1, 0.15) is 10.8 Å². The molecule has 2 heterocycles. The summed E-state index contributed by atoms with van der Waals surface area (Å²) in [5.41, 5.74) is 0.133. The van der Waals surface area contributed by atoms with Crippen LogP contribution in [0.1, 0.15) is 16.8 Å². The third kappa shape index (κ3) is 3.00. The number of para-hydroxylation sites is 1. The fourth-order valence-electron chi connectivity index (χ4n) is 2.41. The number of hydrogen-bond acceptors (Lipinski definition) is 4. The number of halogens is 1. The van der Waals surface area contributed by atoms with Crippen molar-refractivity contribution in [1.82, 2.24) is 10.3 Å². The lowest BCUT2D eigenvalue weighted by atomic mass is 10.0. The normalized spacial score (nSPS) is 21.6. The molecule has 1 saturated heterocycles. The van der Waals surface area contributed by atoms with Gasteiger partial charge in [-0.15, -0.1) is 0 Å². The lowest BCUT2D eigenvalue weighted by molar-refractivity contribution is 0.0265. The Labute approximate surface area is 126 Å². The quantitative estimate of drug-likeness (QED) is 0.848. The summed E-state index contributed by atoms with van der Waals surface area (Å²) < 4.78 is 5.16. The molecule has 1 atom stereocenters. The number of carbonyl (C=O) groups is 1. The molecule has 1 aromatic carbocycles. The zero-order valence-electron chi connectivity index (χ0n) is 11.3. The van der Waals surface area contributed by atoms with E-state index in [2.05, 4.69) is 10.3 Å². The lowest BCUT2D eigenvalue weighted by Gasteiger charge is -2.20. The molecule has 21 heavy (non-hydrogen) atoms. The van der Waals surface area contributed by atoms with Gasteiger partial charge in [0.15, 0.2) is 0 Å². The van der Waals surface area contributed by atoms with Gasteiger partial charge in [0, 0.05) is 25.0 Å². The van der Waals surface area contributed by atoms with E-state index in [1.165, 1.54) is 6.07 Å². The van der Waals surface area contributed by atoms with Crippen molar-refractivity contribution in [1.29, 1.82) is 0 Å². The molecule has 1 fully saturated rings. The monoisotopic (exact) mass is 306 g/mol. The molecule has 1 aliphatic heterocycles. The third-order valence-corrected chi connectivity index (χ3v) is 3.78. The van der Waals surface area contributed by atoms with E-state index in [4.69, 9.17) is 16.3 Å². The van der Waals surface area contributed by atoms with Crippen LogP contribution in [0.4, 0.5) is 0 Å². The minimum atomic E-state index is -0.984. The van der Waals surface area contributed by atoms with Gasteiger partial charge in [-0.3, -0.25) is 4.79 Å². The molecule has 1 unspecified atom stereocenters. The van der Waals surface area contributed by atoms with E-state index in [1.807, 2.05) is 18.2 Å². The number of fused-ring (bicyclic) bond motifs is 1. The van der Waals surface area contributed by atoms with Crippen molar-refractivity contribution in [3.63, 3.8) is 0 Å². The maximum atomic E-state index is 12.4. The second-order valence-electron chi connectivity index (χ2n) is 5.22. The van der Waals surface area contributed by atoms with Crippen LogP contribution in [0.25, 0.3) is 10.9 Å². The van der Waals surface area contributed by atoms with Crippen molar-refractivity contribution in [2.24, 2.45) is 0 Å². The van der Waals surface area contributed by atoms with Gasteiger partial charge in [-0.05, 0) is 12.1 Å². The predicted molar refractivity (Wildman–Crippen MR) is 79.5 cm³/mol. The smallest absolute Gasteiger partial charge is 0.252 e. The number of pyridine rings is 1. The Morgan fingerprint density at radius 2 is 2.29 bits per heavy atom. The highest BCUT2D eigenvalue weighted by molar-refractivity contribution is 6.30. The van der Waals surface area contributed by atoms with Gasteiger partial charge in [0.25, 0.3) is 5.91 Å². The van der Waals surface area contributed by atoms with E-state index < -0.39 is 5.60 Å². The van der Waals surface area contributed by atoms with E-state index in [0.29, 0.717) is 24.1 Å². The van der Waals surface area contributed by atoms with Crippen molar-refractivity contribution in [2.75, 3.05) is 19.8 Å². The van der Waals surface area contributed by atoms with Crippen LogP contribution in [0, 0.1) is 0 Å². The number of hydrogen-bond donors (Lipinski definition) is 2. The molecule has 2 aromatic rings. The first kappa shape index (κ1) is 14.3. The highest BCUT2D eigenvalue weighted by atomic mass is 35.5. The number of benzene rings is 1. The summed E-state index contributed by atoms with van der Waals surface area (Å²) in [6.07, 6.45) is 0.519. The number of rotatable bonds is 3. The van der Waals surface area contributed by atoms with Gasteiger partial charge in [-0.25, -0.2) is 4.98 Å². The Morgan fingerprint density at radius 1 is 1.48 bits per heavy atom. The molecule has 0 bridgehead atoms. The Kier molecular flexibility index (Phi) is 3.80. The average molecular weight is 307 g/mol. The highest BCUT2D eigenvalue weighted by Gasteiger charge is 2.32. The number of aromatic nitrogens is 1. The second kappa shape index (κ2) is 5.60. The largest absolute Gasteiger partial charge is 0.386 e. The molecule has 5 nitrogen and oxygen atoms in total. The molecular formula is C15H15ClN2O3. The average Bonchev–Trinajstić information content (AvgIpc) is 2.91. The standard InChI is InChI=1S/C15H15ClN2O3/c16-13-7-11(10-3-1-2-4-12(10)18-13)14(19)17-8-15(20)5-6-21-9-15/h1-4,7,20H,5-6,8-9H2,(H,17,19). The molecule has 0 saturated carbocycles. The molecule has 6 heteroatoms. The fraction of sp³-hybridized carbons (Fsp3) is 0.333. The number of nitrogens with one attached hydrogen (secondary N) is 1. The molecule has 0 radical (unpaired) electrons. The second-order valence-corrected chi connectivity index (χ2v) is 5.61. The zero-order chi connectivity index (χ0) is 14.9. The maximum absolute atomic E-state index is 12.4. The summed E-state index contributed by atoms with van der Waals surface area (Å²) in [6.45, 7) is 0.904. The van der Waals surface area contributed by atoms with Crippen LogP contribution in [-0.4, -0.2) is 41.4 Å². The minimum Gasteiger partial charge on any atom is -0.386 e. The van der Waals surface area contributed by atoms with Crippen LogP contribution < -0.4 is 5.32 Å². The molecule has 0 spiro atoms. The summed E-state index contributed by atoms with van der Waals surface area (Å²) >= 11 is 5.96. The lowest BCUT2D eigenvalue weighted by Crippen LogP contribution is -2.43. The van der Waals surface area contributed by atoms with Crippen molar-refractivity contribution in [3.8, 4) is 0 Å². The summed E-state index contributed by atoms with van der Waals surface area (Å²) in [6, 6.07) is 8.84. The van der Waals surface area contributed by atoms with Crippen LogP contribution >= 0.6 is 11.6 Å². The minimum absolute atomic E-state index is 0.153. The Balaban J connectivity index is 1.84. The Hall–Kier alpha value is -1.69. The van der Waals surface area contributed by atoms with Crippen LogP contribution in [0.2, 0.25) is 5.15 Å². The van der Waals surface area contributed by atoms with E-state index in [0.717, 1.165) is 5.39 Å². The van der Waals surface area contributed by atoms with Crippen molar-refractivity contribution in [2.45, 2.75) is 12.0 Å². The van der Waals surface area contributed by atoms with Crippen LogP contribution in [0.3, 0.4) is 0 Å². The molecule has 1 aliphatic rings. The number of ether oxygens (including phenoxy) is 1.